The fourth-order valence-electron chi connectivity index (χ4n) is 8.42. The number of anilines is 2. The summed E-state index contributed by atoms with van der Waals surface area (Å²) in [5.41, 5.74) is 1.35. The van der Waals surface area contributed by atoms with Crippen LogP contribution in [0.2, 0.25) is 0 Å². The number of nitrogen functional groups attached to an aromatic ring is 1. The zero-order valence-electron chi connectivity index (χ0n) is 27.0. The van der Waals surface area contributed by atoms with E-state index in [1.54, 1.807) is 0 Å². The number of piperazine rings is 1. The predicted molar refractivity (Wildman–Crippen MR) is 168 cm³/mol. The van der Waals surface area contributed by atoms with E-state index >= 15 is 4.39 Å². The lowest BCUT2D eigenvalue weighted by Gasteiger charge is -2.44. The summed E-state index contributed by atoms with van der Waals surface area (Å²) in [7, 11) is 2.13. The topological polar surface area (TPSA) is 102 Å². The SMILES string of the molecule is CC[C@@H]1CN2c3nc(OCC45CCCC4N(C)CCC5)nc4c(F)c(-c5cc(N)c(F)c(C)c5C(F)(F)F)nc(c34)O[C@@H](C)[C@@H]2CN1. The van der Waals surface area contributed by atoms with Crippen LogP contribution < -0.4 is 25.4 Å². The zero-order chi connectivity index (χ0) is 33.4. The van der Waals surface area contributed by atoms with E-state index < -0.39 is 52.0 Å². The van der Waals surface area contributed by atoms with Crippen molar-refractivity contribution in [3.8, 4) is 23.1 Å². The highest BCUT2D eigenvalue weighted by Gasteiger charge is 2.48. The van der Waals surface area contributed by atoms with Crippen LogP contribution in [-0.4, -0.2) is 77.4 Å². The van der Waals surface area contributed by atoms with Gasteiger partial charge < -0.3 is 30.3 Å². The maximum atomic E-state index is 16.8. The third-order valence-corrected chi connectivity index (χ3v) is 10.9. The van der Waals surface area contributed by atoms with E-state index in [9.17, 15) is 17.6 Å². The molecule has 1 aromatic carbocycles. The molecular formula is C33H40F5N7O2. The van der Waals surface area contributed by atoms with Crippen LogP contribution in [0.3, 0.4) is 0 Å². The van der Waals surface area contributed by atoms with Crippen LogP contribution in [0.4, 0.5) is 33.5 Å². The molecule has 2 unspecified atom stereocenters. The number of nitrogens with one attached hydrogen (secondary N) is 1. The van der Waals surface area contributed by atoms with Gasteiger partial charge in [-0.25, -0.2) is 13.8 Å². The first kappa shape index (κ1) is 32.0. The van der Waals surface area contributed by atoms with Crippen LogP contribution in [0.15, 0.2) is 6.07 Å². The molecule has 7 rings (SSSR count). The van der Waals surface area contributed by atoms with Crippen molar-refractivity contribution in [1.82, 2.24) is 25.2 Å². The molecule has 5 atom stereocenters. The van der Waals surface area contributed by atoms with Gasteiger partial charge >= 0.3 is 12.2 Å². The molecule has 254 valence electrons. The summed E-state index contributed by atoms with van der Waals surface area (Å²) in [6.07, 6.45) is 0.444. The number of aromatic nitrogens is 3. The first-order valence-electron chi connectivity index (χ1n) is 16.4. The number of pyridine rings is 1. The number of nitrogens with zero attached hydrogens (tertiary/aromatic N) is 5. The average molecular weight is 662 g/mol. The Labute approximate surface area is 270 Å². The summed E-state index contributed by atoms with van der Waals surface area (Å²) in [6, 6.07) is 0.925. The second-order valence-electron chi connectivity index (χ2n) is 13.7. The predicted octanol–water partition coefficient (Wildman–Crippen LogP) is 5.86. The molecule has 1 aliphatic carbocycles. The molecule has 1 saturated carbocycles. The minimum absolute atomic E-state index is 0.0616. The molecule has 0 amide bonds. The Morgan fingerprint density at radius 1 is 1.15 bits per heavy atom. The summed E-state index contributed by atoms with van der Waals surface area (Å²) in [4.78, 5) is 18.1. The molecule has 2 saturated heterocycles. The number of hydrogen-bond acceptors (Lipinski definition) is 9. The second-order valence-corrected chi connectivity index (χ2v) is 13.7. The maximum Gasteiger partial charge on any atom is 0.417 e. The second kappa shape index (κ2) is 11.6. The van der Waals surface area contributed by atoms with Crippen LogP contribution in [0.1, 0.15) is 63.5 Å². The highest BCUT2D eigenvalue weighted by Crippen LogP contribution is 2.49. The Morgan fingerprint density at radius 3 is 2.66 bits per heavy atom. The van der Waals surface area contributed by atoms with Crippen LogP contribution >= 0.6 is 0 Å². The maximum absolute atomic E-state index is 16.8. The lowest BCUT2D eigenvalue weighted by atomic mass is 9.76. The number of hydrogen-bond donors (Lipinski definition) is 2. The fourth-order valence-corrected chi connectivity index (χ4v) is 8.42. The number of halogens is 5. The molecule has 0 spiro atoms. The number of nitrogens with two attached hydrogens (primary N) is 1. The summed E-state index contributed by atoms with van der Waals surface area (Å²) in [6.45, 7) is 7.28. The Hall–Kier alpha value is -3.52. The summed E-state index contributed by atoms with van der Waals surface area (Å²) >= 11 is 0. The summed E-state index contributed by atoms with van der Waals surface area (Å²) in [5, 5.41) is 3.67. The molecule has 3 aromatic rings. The van der Waals surface area contributed by atoms with Crippen LogP contribution in [0.25, 0.3) is 22.2 Å². The van der Waals surface area contributed by atoms with E-state index in [-0.39, 0.29) is 40.3 Å². The van der Waals surface area contributed by atoms with Crippen molar-refractivity contribution in [2.24, 2.45) is 5.41 Å². The molecule has 3 N–H and O–H groups in total. The molecule has 9 nitrogen and oxygen atoms in total. The normalized spacial score (nSPS) is 27.7. The van der Waals surface area contributed by atoms with Gasteiger partial charge in [-0.3, -0.25) is 0 Å². The first-order valence-corrected chi connectivity index (χ1v) is 16.4. The molecule has 14 heteroatoms. The van der Waals surface area contributed by atoms with Crippen LogP contribution in [-0.2, 0) is 6.18 Å². The molecule has 3 aliphatic heterocycles. The average Bonchev–Trinajstić information content (AvgIpc) is 3.43. The van der Waals surface area contributed by atoms with Crippen molar-refractivity contribution in [3.63, 3.8) is 0 Å². The standard InChI is InChI=1S/C33H40F5N7O2/c1-5-18-14-45-21(13-40-18)17(3)47-30-23-28(26(35)27(41-30)19-12-20(39)25(34)16(2)24(19)33(36,37)38)42-31(43-29(23)45)46-15-32-9-6-8-22(32)44(4)11-7-10-32/h12,17-18,21-22,40H,5-11,13-15,39H2,1-4H3/t17-,18+,21-,22?,32?/m0/s1. The number of fused-ring (bicyclic) bond motifs is 3. The van der Waals surface area contributed by atoms with Gasteiger partial charge in [0.2, 0.25) is 5.88 Å². The van der Waals surface area contributed by atoms with Crippen LogP contribution in [0.5, 0.6) is 11.9 Å². The first-order chi connectivity index (χ1) is 22.3. The Morgan fingerprint density at radius 2 is 1.91 bits per heavy atom. The number of alkyl halides is 3. The number of likely N-dealkylation sites (tertiary alicyclic amines) is 1. The van der Waals surface area contributed by atoms with Gasteiger partial charge in [0.25, 0.3) is 0 Å². The fraction of sp³-hybridized carbons (Fsp3) is 0.606. The van der Waals surface area contributed by atoms with Gasteiger partial charge in [-0.1, -0.05) is 13.3 Å². The lowest BCUT2D eigenvalue weighted by Crippen LogP contribution is -2.60. The third kappa shape index (κ3) is 5.22. The van der Waals surface area contributed by atoms with Crippen molar-refractivity contribution in [2.45, 2.75) is 89.7 Å². The number of rotatable bonds is 5. The van der Waals surface area contributed by atoms with E-state index in [0.717, 1.165) is 58.1 Å². The molecule has 5 heterocycles. The smallest absolute Gasteiger partial charge is 0.417 e. The Bertz CT molecular complexity index is 1720. The van der Waals surface area contributed by atoms with Gasteiger partial charge in [-0.05, 0) is 71.2 Å². The molecular weight excluding hydrogens is 621 g/mol. The largest absolute Gasteiger partial charge is 0.472 e. The summed E-state index contributed by atoms with van der Waals surface area (Å²) in [5.74, 6) is -2.10. The lowest BCUT2D eigenvalue weighted by molar-refractivity contribution is -0.137. The van der Waals surface area contributed by atoms with Gasteiger partial charge in [0, 0.05) is 36.2 Å². The number of benzene rings is 1. The van der Waals surface area contributed by atoms with Crippen molar-refractivity contribution in [2.75, 3.05) is 43.9 Å². The molecule has 0 bridgehead atoms. The van der Waals surface area contributed by atoms with E-state index in [4.69, 9.17) is 20.2 Å². The number of ether oxygens (including phenoxy) is 2. The molecule has 47 heavy (non-hydrogen) atoms. The van der Waals surface area contributed by atoms with E-state index in [1.165, 1.54) is 0 Å². The Balaban J connectivity index is 1.43. The van der Waals surface area contributed by atoms with Crippen molar-refractivity contribution < 1.29 is 31.4 Å². The molecule has 0 radical (unpaired) electrons. The van der Waals surface area contributed by atoms with E-state index in [2.05, 4.69) is 39.1 Å². The Kier molecular flexibility index (Phi) is 7.89. The molecule has 2 aromatic heterocycles. The van der Waals surface area contributed by atoms with Crippen molar-refractivity contribution in [3.05, 3.63) is 28.8 Å². The van der Waals surface area contributed by atoms with Crippen LogP contribution in [0, 0.1) is 24.0 Å². The van der Waals surface area contributed by atoms with Crippen molar-refractivity contribution >= 4 is 22.4 Å². The van der Waals surface area contributed by atoms with Gasteiger partial charge in [0.1, 0.15) is 34.3 Å². The third-order valence-electron chi connectivity index (χ3n) is 10.9. The summed E-state index contributed by atoms with van der Waals surface area (Å²) < 4.78 is 87.5. The van der Waals surface area contributed by atoms with E-state index in [1.807, 2.05) is 6.92 Å². The van der Waals surface area contributed by atoms with Gasteiger partial charge in [0.15, 0.2) is 5.82 Å². The minimum Gasteiger partial charge on any atom is -0.472 e. The highest BCUT2D eigenvalue weighted by molar-refractivity contribution is 5.97. The van der Waals surface area contributed by atoms with Gasteiger partial charge in [0.05, 0.1) is 23.9 Å². The van der Waals surface area contributed by atoms with Gasteiger partial charge in [-0.2, -0.15) is 23.1 Å². The molecule has 4 aliphatic rings. The quantitative estimate of drug-likeness (QED) is 0.257. The molecule has 3 fully saturated rings. The monoisotopic (exact) mass is 661 g/mol. The van der Waals surface area contributed by atoms with Gasteiger partial charge in [-0.15, -0.1) is 0 Å². The highest BCUT2D eigenvalue weighted by atomic mass is 19.4. The minimum atomic E-state index is -5.03. The number of piperidine rings is 1. The van der Waals surface area contributed by atoms with E-state index in [0.29, 0.717) is 31.6 Å². The zero-order valence-corrected chi connectivity index (χ0v) is 27.0. The van der Waals surface area contributed by atoms with Crippen molar-refractivity contribution in [1.29, 1.82) is 0 Å².